The fourth-order valence-corrected chi connectivity index (χ4v) is 1.92. The van der Waals surface area contributed by atoms with E-state index in [-0.39, 0.29) is 19.6 Å². The van der Waals surface area contributed by atoms with Gasteiger partial charge in [0, 0.05) is 5.69 Å². The van der Waals surface area contributed by atoms with Crippen LogP contribution < -0.4 is 5.73 Å². The van der Waals surface area contributed by atoms with E-state index in [0.29, 0.717) is 11.3 Å². The number of hydrogen-bond acceptors (Lipinski definition) is 5. The molecule has 0 fully saturated rings. The van der Waals surface area contributed by atoms with Gasteiger partial charge in [-0.2, -0.15) is 0 Å². The normalized spacial score (nSPS) is 11.3. The minimum absolute atomic E-state index is 0.101. The summed E-state index contributed by atoms with van der Waals surface area (Å²) in [4.78, 5) is 22.4. The molecule has 22 heavy (non-hydrogen) atoms. The highest BCUT2D eigenvalue weighted by molar-refractivity contribution is 5.72. The number of benzene rings is 1. The van der Waals surface area contributed by atoms with E-state index >= 15 is 0 Å². The van der Waals surface area contributed by atoms with Crippen LogP contribution in [0.3, 0.4) is 0 Å². The third-order valence-corrected chi connectivity index (χ3v) is 2.87. The minimum Gasteiger partial charge on any atom is -0.481 e. The van der Waals surface area contributed by atoms with Gasteiger partial charge in [-0.3, -0.25) is 4.79 Å². The van der Waals surface area contributed by atoms with E-state index in [1.807, 2.05) is 0 Å². The molecule has 0 aromatic heterocycles. The van der Waals surface area contributed by atoms with Crippen molar-refractivity contribution in [3.8, 4) is 0 Å². The summed E-state index contributed by atoms with van der Waals surface area (Å²) in [5.41, 5.74) is 7.94. The Kier molecular flexibility index (Phi) is 5.93. The van der Waals surface area contributed by atoms with Crippen molar-refractivity contribution in [2.45, 2.75) is 46.3 Å². The smallest absolute Gasteiger partial charge is 0.332 e. The van der Waals surface area contributed by atoms with E-state index in [4.69, 9.17) is 20.3 Å². The first-order valence-corrected chi connectivity index (χ1v) is 6.98. The Morgan fingerprint density at radius 2 is 1.91 bits per heavy atom. The maximum atomic E-state index is 11.5. The zero-order chi connectivity index (χ0) is 16.9. The van der Waals surface area contributed by atoms with Gasteiger partial charge in [0.25, 0.3) is 0 Å². The standard InChI is InChI=1S/C16H23NO5/c1-10-12(7-14(18)19)5-11(6-13(10)17)8-21-9-15(20)22-16(2,3)4/h5-6H,7-9,17H2,1-4H3,(H,18,19). The zero-order valence-electron chi connectivity index (χ0n) is 13.4. The number of carboxylic acid groups (broad SMARTS) is 1. The molecule has 1 rings (SSSR count). The molecule has 0 unspecified atom stereocenters. The molecule has 6 heteroatoms. The summed E-state index contributed by atoms with van der Waals surface area (Å²) in [6, 6.07) is 3.45. The second-order valence-corrected chi connectivity index (χ2v) is 6.12. The lowest BCUT2D eigenvalue weighted by Crippen LogP contribution is -2.26. The highest BCUT2D eigenvalue weighted by atomic mass is 16.6. The van der Waals surface area contributed by atoms with Crippen LogP contribution in [0.15, 0.2) is 12.1 Å². The Morgan fingerprint density at radius 1 is 1.27 bits per heavy atom. The average Bonchev–Trinajstić information content (AvgIpc) is 2.32. The zero-order valence-corrected chi connectivity index (χ0v) is 13.4. The number of carboxylic acids is 1. The Balaban J connectivity index is 2.65. The third-order valence-electron chi connectivity index (χ3n) is 2.87. The van der Waals surface area contributed by atoms with Gasteiger partial charge < -0.3 is 20.3 Å². The van der Waals surface area contributed by atoms with Crippen LogP contribution in [-0.2, 0) is 32.1 Å². The van der Waals surface area contributed by atoms with Crippen molar-refractivity contribution >= 4 is 17.6 Å². The van der Waals surface area contributed by atoms with Crippen LogP contribution in [0.5, 0.6) is 0 Å². The number of rotatable bonds is 6. The summed E-state index contributed by atoms with van der Waals surface area (Å²) >= 11 is 0. The molecule has 0 bridgehead atoms. The van der Waals surface area contributed by atoms with Gasteiger partial charge >= 0.3 is 11.9 Å². The number of carbonyl (C=O) groups excluding carboxylic acids is 1. The monoisotopic (exact) mass is 309 g/mol. The number of nitrogens with two attached hydrogens (primary N) is 1. The summed E-state index contributed by atoms with van der Waals surface area (Å²) in [5.74, 6) is -1.37. The number of hydrogen-bond donors (Lipinski definition) is 2. The van der Waals surface area contributed by atoms with Crippen molar-refractivity contribution in [2.24, 2.45) is 0 Å². The molecule has 0 spiro atoms. The molecular formula is C16H23NO5. The van der Waals surface area contributed by atoms with Crippen LogP contribution >= 0.6 is 0 Å². The third kappa shape index (κ3) is 6.13. The topological polar surface area (TPSA) is 98.9 Å². The van der Waals surface area contributed by atoms with Crippen molar-refractivity contribution in [1.29, 1.82) is 0 Å². The number of carbonyl (C=O) groups is 2. The van der Waals surface area contributed by atoms with Crippen LogP contribution in [-0.4, -0.2) is 29.3 Å². The molecule has 6 nitrogen and oxygen atoms in total. The lowest BCUT2D eigenvalue weighted by atomic mass is 10.0. The summed E-state index contributed by atoms with van der Waals surface area (Å²) in [6.45, 7) is 7.12. The highest BCUT2D eigenvalue weighted by Crippen LogP contribution is 2.20. The molecule has 0 heterocycles. The molecule has 0 aliphatic heterocycles. The largest absolute Gasteiger partial charge is 0.481 e. The second kappa shape index (κ2) is 7.26. The van der Waals surface area contributed by atoms with Gasteiger partial charge in [-0.15, -0.1) is 0 Å². The molecule has 0 aliphatic carbocycles. The number of esters is 1. The van der Waals surface area contributed by atoms with E-state index in [0.717, 1.165) is 11.1 Å². The van der Waals surface area contributed by atoms with Crippen LogP contribution in [0.1, 0.15) is 37.5 Å². The average molecular weight is 309 g/mol. The van der Waals surface area contributed by atoms with Gasteiger partial charge in [0.1, 0.15) is 12.2 Å². The molecule has 1 aromatic rings. The van der Waals surface area contributed by atoms with E-state index in [1.54, 1.807) is 39.8 Å². The molecule has 1 aromatic carbocycles. The first-order chi connectivity index (χ1) is 10.1. The molecular weight excluding hydrogens is 286 g/mol. The predicted octanol–water partition coefficient (Wildman–Crippen LogP) is 2.06. The van der Waals surface area contributed by atoms with Crippen LogP contribution in [0.25, 0.3) is 0 Å². The van der Waals surface area contributed by atoms with Crippen LogP contribution in [0.4, 0.5) is 5.69 Å². The van der Waals surface area contributed by atoms with Gasteiger partial charge in [-0.25, -0.2) is 4.79 Å². The van der Waals surface area contributed by atoms with Gasteiger partial charge in [0.2, 0.25) is 0 Å². The Labute approximate surface area is 130 Å². The molecule has 0 saturated heterocycles. The van der Waals surface area contributed by atoms with Crippen LogP contribution in [0, 0.1) is 6.92 Å². The number of nitrogen functional groups attached to an aromatic ring is 1. The Morgan fingerprint density at radius 3 is 2.45 bits per heavy atom. The van der Waals surface area contributed by atoms with E-state index in [2.05, 4.69) is 0 Å². The van der Waals surface area contributed by atoms with Gasteiger partial charge in [-0.05, 0) is 50.5 Å². The maximum Gasteiger partial charge on any atom is 0.332 e. The second-order valence-electron chi connectivity index (χ2n) is 6.12. The lowest BCUT2D eigenvalue weighted by molar-refractivity contribution is -0.160. The van der Waals surface area contributed by atoms with Crippen molar-refractivity contribution in [3.63, 3.8) is 0 Å². The van der Waals surface area contributed by atoms with E-state index in [1.165, 1.54) is 0 Å². The molecule has 0 saturated carbocycles. The Bertz CT molecular complexity index is 560. The molecule has 0 aliphatic rings. The van der Waals surface area contributed by atoms with Crippen molar-refractivity contribution in [1.82, 2.24) is 0 Å². The first kappa shape index (κ1) is 18.0. The number of aliphatic carboxylic acids is 1. The highest BCUT2D eigenvalue weighted by Gasteiger charge is 2.16. The number of anilines is 1. The van der Waals surface area contributed by atoms with Crippen molar-refractivity contribution in [2.75, 3.05) is 12.3 Å². The van der Waals surface area contributed by atoms with Crippen LogP contribution in [0.2, 0.25) is 0 Å². The fourth-order valence-electron chi connectivity index (χ4n) is 1.92. The van der Waals surface area contributed by atoms with E-state index < -0.39 is 17.5 Å². The quantitative estimate of drug-likeness (QED) is 0.616. The first-order valence-electron chi connectivity index (χ1n) is 6.98. The summed E-state index contributed by atoms with van der Waals surface area (Å²) < 4.78 is 10.4. The maximum absolute atomic E-state index is 11.5. The molecule has 0 radical (unpaired) electrons. The lowest BCUT2D eigenvalue weighted by Gasteiger charge is -2.19. The molecule has 0 atom stereocenters. The summed E-state index contributed by atoms with van der Waals surface area (Å²) in [5, 5.41) is 8.90. The Hall–Kier alpha value is -2.08. The predicted molar refractivity (Wildman–Crippen MR) is 82.4 cm³/mol. The van der Waals surface area contributed by atoms with Gasteiger partial charge in [0.05, 0.1) is 13.0 Å². The summed E-state index contributed by atoms with van der Waals surface area (Å²) in [6.07, 6.45) is -0.101. The molecule has 3 N–H and O–H groups in total. The fraction of sp³-hybridized carbons (Fsp3) is 0.500. The summed E-state index contributed by atoms with van der Waals surface area (Å²) in [7, 11) is 0. The SMILES string of the molecule is Cc1c(N)cc(COCC(=O)OC(C)(C)C)cc1CC(=O)O. The van der Waals surface area contributed by atoms with E-state index in [9.17, 15) is 9.59 Å². The van der Waals surface area contributed by atoms with Gasteiger partial charge in [-0.1, -0.05) is 6.07 Å². The molecule has 122 valence electrons. The van der Waals surface area contributed by atoms with Crippen molar-refractivity contribution < 1.29 is 24.2 Å². The van der Waals surface area contributed by atoms with Gasteiger partial charge in [0.15, 0.2) is 0 Å². The number of ether oxygens (including phenoxy) is 2. The minimum atomic E-state index is -0.922. The molecule has 0 amide bonds. The van der Waals surface area contributed by atoms with Crippen molar-refractivity contribution in [3.05, 3.63) is 28.8 Å².